The fourth-order valence-electron chi connectivity index (χ4n) is 2.07. The van der Waals surface area contributed by atoms with Gasteiger partial charge in [0.15, 0.2) is 5.09 Å². The summed E-state index contributed by atoms with van der Waals surface area (Å²) < 4.78 is 5.13. The molecule has 2 rings (SSSR count). The topological polar surface area (TPSA) is 70.7 Å². The van der Waals surface area contributed by atoms with Gasteiger partial charge in [-0.2, -0.15) is 0 Å². The van der Waals surface area contributed by atoms with Gasteiger partial charge in [0.2, 0.25) is 5.76 Å². The van der Waals surface area contributed by atoms with E-state index in [4.69, 9.17) is 9.52 Å². The van der Waals surface area contributed by atoms with Crippen LogP contribution in [0, 0.1) is 0 Å². The van der Waals surface area contributed by atoms with Crippen molar-refractivity contribution in [3.05, 3.63) is 17.9 Å². The summed E-state index contributed by atoms with van der Waals surface area (Å²) >= 11 is 1.38. The molecule has 0 bridgehead atoms. The average Bonchev–Trinajstić information content (AvgIpc) is 2.76. The number of aliphatic hydroxyl groups is 1. The first-order valence-electron chi connectivity index (χ1n) is 5.77. The van der Waals surface area contributed by atoms with Gasteiger partial charge in [-0.05, 0) is 25.0 Å². The quantitative estimate of drug-likeness (QED) is 0.810. The Morgan fingerprint density at radius 2 is 2.06 bits per heavy atom. The number of rotatable bonds is 4. The Labute approximate surface area is 104 Å². The molecule has 1 aromatic heterocycles. The fraction of sp³-hybridized carbons (Fsp3) is 0.583. The molecular formula is C12H16O4S. The van der Waals surface area contributed by atoms with Gasteiger partial charge in [-0.25, -0.2) is 4.79 Å². The molecule has 5 heteroatoms. The SMILES string of the molecule is O=C(O)c1ccc(SCC2(O)CCCCC2)o1. The average molecular weight is 256 g/mol. The lowest BCUT2D eigenvalue weighted by Gasteiger charge is -2.31. The van der Waals surface area contributed by atoms with E-state index in [0.29, 0.717) is 10.8 Å². The number of hydrogen-bond donors (Lipinski definition) is 2. The third-order valence-electron chi connectivity index (χ3n) is 3.06. The Morgan fingerprint density at radius 1 is 1.35 bits per heavy atom. The smallest absolute Gasteiger partial charge is 0.371 e. The first-order valence-corrected chi connectivity index (χ1v) is 6.76. The molecule has 1 aliphatic carbocycles. The van der Waals surface area contributed by atoms with Gasteiger partial charge in [0, 0.05) is 5.75 Å². The van der Waals surface area contributed by atoms with Crippen molar-refractivity contribution in [2.75, 3.05) is 5.75 Å². The number of carboxylic acids is 1. The second kappa shape index (κ2) is 5.14. The van der Waals surface area contributed by atoms with Gasteiger partial charge >= 0.3 is 5.97 Å². The van der Waals surface area contributed by atoms with Crippen LogP contribution < -0.4 is 0 Å². The monoisotopic (exact) mass is 256 g/mol. The molecule has 17 heavy (non-hydrogen) atoms. The standard InChI is InChI=1S/C12H16O4S/c13-11(14)9-4-5-10(16-9)17-8-12(15)6-2-1-3-7-12/h4-5,15H,1-3,6-8H2,(H,13,14). The Morgan fingerprint density at radius 3 is 2.65 bits per heavy atom. The van der Waals surface area contributed by atoms with Crippen molar-refractivity contribution >= 4 is 17.7 Å². The summed E-state index contributed by atoms with van der Waals surface area (Å²) in [5, 5.41) is 19.5. The van der Waals surface area contributed by atoms with E-state index in [1.807, 2.05) is 0 Å². The lowest BCUT2D eigenvalue weighted by molar-refractivity contribution is 0.0271. The predicted octanol–water partition coefficient (Wildman–Crippen LogP) is 2.77. The predicted molar refractivity (Wildman–Crippen MR) is 64.4 cm³/mol. The summed E-state index contributed by atoms with van der Waals surface area (Å²) in [7, 11) is 0. The second-order valence-corrected chi connectivity index (χ2v) is 5.48. The number of thioether (sulfide) groups is 1. The summed E-state index contributed by atoms with van der Waals surface area (Å²) in [5.41, 5.74) is -0.612. The molecule has 0 aromatic carbocycles. The molecule has 1 aromatic rings. The summed E-state index contributed by atoms with van der Waals surface area (Å²) in [4.78, 5) is 10.6. The molecule has 0 aliphatic heterocycles. The molecule has 0 radical (unpaired) electrons. The molecule has 2 N–H and O–H groups in total. The molecule has 0 amide bonds. The summed E-state index contributed by atoms with van der Waals surface area (Å²) in [6.45, 7) is 0. The van der Waals surface area contributed by atoms with Crippen molar-refractivity contribution in [2.24, 2.45) is 0 Å². The van der Waals surface area contributed by atoms with Crippen LogP contribution in [-0.2, 0) is 0 Å². The van der Waals surface area contributed by atoms with Gasteiger partial charge in [0.1, 0.15) is 0 Å². The normalized spacial score (nSPS) is 19.1. The van der Waals surface area contributed by atoms with Crippen molar-refractivity contribution in [3.63, 3.8) is 0 Å². The van der Waals surface area contributed by atoms with Crippen LogP contribution in [0.3, 0.4) is 0 Å². The van der Waals surface area contributed by atoms with Gasteiger partial charge < -0.3 is 14.6 Å². The molecule has 0 saturated heterocycles. The van der Waals surface area contributed by atoms with Gasteiger partial charge in [0.05, 0.1) is 5.60 Å². The van der Waals surface area contributed by atoms with E-state index in [-0.39, 0.29) is 5.76 Å². The highest BCUT2D eigenvalue weighted by Gasteiger charge is 2.29. The van der Waals surface area contributed by atoms with Crippen molar-refractivity contribution in [1.82, 2.24) is 0 Å². The van der Waals surface area contributed by atoms with Gasteiger partial charge in [0.25, 0.3) is 0 Å². The zero-order chi connectivity index (χ0) is 12.3. The van der Waals surface area contributed by atoms with E-state index < -0.39 is 11.6 Å². The minimum absolute atomic E-state index is 0.0527. The second-order valence-electron chi connectivity index (χ2n) is 4.50. The van der Waals surface area contributed by atoms with Crippen molar-refractivity contribution in [2.45, 2.75) is 42.8 Å². The number of carboxylic acid groups (broad SMARTS) is 1. The third kappa shape index (κ3) is 3.26. The first kappa shape index (κ1) is 12.5. The summed E-state index contributed by atoms with van der Waals surface area (Å²) in [6.07, 6.45) is 4.97. The van der Waals surface area contributed by atoms with Crippen LogP contribution in [0.15, 0.2) is 21.6 Å². The van der Waals surface area contributed by atoms with E-state index >= 15 is 0 Å². The molecule has 0 atom stereocenters. The van der Waals surface area contributed by atoms with Crippen LogP contribution in [0.5, 0.6) is 0 Å². The molecule has 0 spiro atoms. The molecule has 1 aliphatic rings. The molecular weight excluding hydrogens is 240 g/mol. The molecule has 4 nitrogen and oxygen atoms in total. The number of furan rings is 1. The van der Waals surface area contributed by atoms with E-state index in [1.54, 1.807) is 6.07 Å². The molecule has 1 fully saturated rings. The molecule has 94 valence electrons. The van der Waals surface area contributed by atoms with Gasteiger partial charge in [-0.15, -0.1) is 0 Å². The summed E-state index contributed by atoms with van der Waals surface area (Å²) in [5.74, 6) is -0.545. The van der Waals surface area contributed by atoms with Crippen LogP contribution in [0.1, 0.15) is 42.7 Å². The highest BCUT2D eigenvalue weighted by Crippen LogP contribution is 2.33. The fourth-order valence-corrected chi connectivity index (χ4v) is 3.08. The Bertz CT molecular complexity index is 393. The molecule has 1 heterocycles. The number of hydrogen-bond acceptors (Lipinski definition) is 4. The Hall–Kier alpha value is -0.940. The number of aromatic carboxylic acids is 1. The maximum Gasteiger partial charge on any atom is 0.371 e. The Kier molecular flexibility index (Phi) is 3.79. The van der Waals surface area contributed by atoms with E-state index in [0.717, 1.165) is 25.7 Å². The van der Waals surface area contributed by atoms with Crippen LogP contribution in [0.25, 0.3) is 0 Å². The van der Waals surface area contributed by atoms with Crippen LogP contribution in [0.2, 0.25) is 0 Å². The molecule has 0 unspecified atom stereocenters. The zero-order valence-corrected chi connectivity index (χ0v) is 10.3. The van der Waals surface area contributed by atoms with Gasteiger partial charge in [-0.3, -0.25) is 0 Å². The highest BCUT2D eigenvalue weighted by atomic mass is 32.2. The maximum absolute atomic E-state index is 10.6. The lowest BCUT2D eigenvalue weighted by atomic mass is 9.86. The van der Waals surface area contributed by atoms with E-state index in [1.165, 1.54) is 24.2 Å². The highest BCUT2D eigenvalue weighted by molar-refractivity contribution is 7.99. The van der Waals surface area contributed by atoms with E-state index in [2.05, 4.69) is 0 Å². The molecule has 1 saturated carbocycles. The minimum Gasteiger partial charge on any atom is -0.475 e. The minimum atomic E-state index is -1.06. The summed E-state index contributed by atoms with van der Waals surface area (Å²) in [6, 6.07) is 3.08. The van der Waals surface area contributed by atoms with Crippen LogP contribution >= 0.6 is 11.8 Å². The van der Waals surface area contributed by atoms with Gasteiger partial charge in [-0.1, -0.05) is 31.0 Å². The number of carbonyl (C=O) groups is 1. The van der Waals surface area contributed by atoms with Crippen molar-refractivity contribution in [1.29, 1.82) is 0 Å². The largest absolute Gasteiger partial charge is 0.475 e. The van der Waals surface area contributed by atoms with Crippen molar-refractivity contribution < 1.29 is 19.4 Å². The van der Waals surface area contributed by atoms with Crippen LogP contribution in [0.4, 0.5) is 0 Å². The van der Waals surface area contributed by atoms with E-state index in [9.17, 15) is 9.90 Å². The zero-order valence-electron chi connectivity index (χ0n) is 9.52. The Balaban J connectivity index is 1.90. The third-order valence-corrected chi connectivity index (χ3v) is 4.25. The van der Waals surface area contributed by atoms with Crippen LogP contribution in [-0.4, -0.2) is 27.5 Å². The maximum atomic E-state index is 10.6. The lowest BCUT2D eigenvalue weighted by Crippen LogP contribution is -2.33. The van der Waals surface area contributed by atoms with Crippen molar-refractivity contribution in [3.8, 4) is 0 Å². The first-order chi connectivity index (χ1) is 8.09.